The first-order valence-electron chi connectivity index (χ1n) is 7.03. The van der Waals surface area contributed by atoms with Crippen molar-refractivity contribution in [3.63, 3.8) is 0 Å². The predicted molar refractivity (Wildman–Crippen MR) is 81.0 cm³/mol. The second kappa shape index (κ2) is 5.66. The number of hydrogen-bond donors (Lipinski definition) is 1. The number of carbonyl (C=O) groups is 1. The largest absolute Gasteiger partial charge is 0.311 e. The molecule has 0 atom stereocenters. The fraction of sp³-hybridized carbons (Fsp3) is 0.235. The summed E-state index contributed by atoms with van der Waals surface area (Å²) in [7, 11) is 0. The van der Waals surface area contributed by atoms with Gasteiger partial charge < -0.3 is 10.2 Å². The molecule has 0 saturated heterocycles. The SMILES string of the molecule is Cc1ccc(C(=O)N2CCNCc3ccccc32)cc1F. The molecule has 0 fully saturated rings. The van der Waals surface area contributed by atoms with Gasteiger partial charge in [0, 0.05) is 30.9 Å². The topological polar surface area (TPSA) is 32.3 Å². The van der Waals surface area contributed by atoms with Crippen LogP contribution in [0.3, 0.4) is 0 Å². The summed E-state index contributed by atoms with van der Waals surface area (Å²) >= 11 is 0. The molecule has 1 aliphatic heterocycles. The van der Waals surface area contributed by atoms with E-state index in [1.54, 1.807) is 24.0 Å². The van der Waals surface area contributed by atoms with Gasteiger partial charge in [0.15, 0.2) is 0 Å². The van der Waals surface area contributed by atoms with E-state index in [1.807, 2.05) is 24.3 Å². The van der Waals surface area contributed by atoms with Gasteiger partial charge in [0.1, 0.15) is 5.82 Å². The third-order valence-corrected chi connectivity index (χ3v) is 3.77. The van der Waals surface area contributed by atoms with Crippen molar-refractivity contribution in [1.29, 1.82) is 0 Å². The Labute approximate surface area is 123 Å². The number of anilines is 1. The van der Waals surface area contributed by atoms with Crippen molar-refractivity contribution in [3.05, 3.63) is 65.0 Å². The Balaban J connectivity index is 1.99. The van der Waals surface area contributed by atoms with Crippen LogP contribution in [0, 0.1) is 12.7 Å². The zero-order chi connectivity index (χ0) is 14.8. The number of carbonyl (C=O) groups excluding carboxylic acids is 1. The van der Waals surface area contributed by atoms with Gasteiger partial charge in [-0.15, -0.1) is 0 Å². The highest BCUT2D eigenvalue weighted by Gasteiger charge is 2.22. The maximum absolute atomic E-state index is 13.7. The summed E-state index contributed by atoms with van der Waals surface area (Å²) in [5, 5.41) is 3.29. The molecule has 2 aromatic carbocycles. The number of aryl methyl sites for hydroxylation is 1. The van der Waals surface area contributed by atoms with Gasteiger partial charge in [-0.05, 0) is 36.2 Å². The van der Waals surface area contributed by atoms with E-state index in [1.165, 1.54) is 6.07 Å². The van der Waals surface area contributed by atoms with Crippen LogP contribution < -0.4 is 10.2 Å². The van der Waals surface area contributed by atoms with Gasteiger partial charge in [0.05, 0.1) is 0 Å². The molecule has 0 saturated carbocycles. The quantitative estimate of drug-likeness (QED) is 0.873. The molecule has 3 nitrogen and oxygen atoms in total. The van der Waals surface area contributed by atoms with Crippen LogP contribution in [-0.2, 0) is 6.54 Å². The van der Waals surface area contributed by atoms with Crippen LogP contribution in [0.1, 0.15) is 21.5 Å². The molecule has 1 heterocycles. The molecule has 108 valence electrons. The molecule has 0 spiro atoms. The minimum Gasteiger partial charge on any atom is -0.311 e. The minimum absolute atomic E-state index is 0.162. The molecule has 0 aliphatic carbocycles. The van der Waals surface area contributed by atoms with Gasteiger partial charge >= 0.3 is 0 Å². The molecule has 0 bridgehead atoms. The summed E-state index contributed by atoms with van der Waals surface area (Å²) in [5.74, 6) is -0.507. The fourth-order valence-corrected chi connectivity index (χ4v) is 2.55. The molecule has 4 heteroatoms. The van der Waals surface area contributed by atoms with Gasteiger partial charge in [0.25, 0.3) is 5.91 Å². The van der Waals surface area contributed by atoms with Crippen LogP contribution in [0.2, 0.25) is 0 Å². The summed E-state index contributed by atoms with van der Waals surface area (Å²) in [5.41, 5.74) is 2.91. The third kappa shape index (κ3) is 2.67. The number of nitrogens with zero attached hydrogens (tertiary/aromatic N) is 1. The van der Waals surface area contributed by atoms with Crippen LogP contribution in [-0.4, -0.2) is 19.0 Å². The molecule has 0 aromatic heterocycles. The number of benzene rings is 2. The van der Waals surface area contributed by atoms with Crippen molar-refractivity contribution in [2.24, 2.45) is 0 Å². The van der Waals surface area contributed by atoms with Crippen LogP contribution in [0.25, 0.3) is 0 Å². The monoisotopic (exact) mass is 284 g/mol. The molecule has 3 rings (SSSR count). The number of rotatable bonds is 1. The van der Waals surface area contributed by atoms with E-state index in [0.29, 0.717) is 17.7 Å². The third-order valence-electron chi connectivity index (χ3n) is 3.77. The van der Waals surface area contributed by atoms with E-state index in [4.69, 9.17) is 0 Å². The Morgan fingerprint density at radius 1 is 1.24 bits per heavy atom. The fourth-order valence-electron chi connectivity index (χ4n) is 2.55. The minimum atomic E-state index is -0.345. The Hall–Kier alpha value is -2.20. The first kappa shape index (κ1) is 13.8. The lowest BCUT2D eigenvalue weighted by Gasteiger charge is -2.22. The highest BCUT2D eigenvalue weighted by Crippen LogP contribution is 2.24. The summed E-state index contributed by atoms with van der Waals surface area (Å²) in [4.78, 5) is 14.4. The van der Waals surface area contributed by atoms with Gasteiger partial charge in [-0.2, -0.15) is 0 Å². The number of fused-ring (bicyclic) bond motifs is 1. The van der Waals surface area contributed by atoms with Gasteiger partial charge in [0.2, 0.25) is 0 Å². The average molecular weight is 284 g/mol. The van der Waals surface area contributed by atoms with E-state index in [0.717, 1.165) is 24.3 Å². The summed E-state index contributed by atoms with van der Waals surface area (Å²) < 4.78 is 13.7. The lowest BCUT2D eigenvalue weighted by Crippen LogP contribution is -2.34. The average Bonchev–Trinajstić information content (AvgIpc) is 2.71. The van der Waals surface area contributed by atoms with Crippen LogP contribution in [0.5, 0.6) is 0 Å². The van der Waals surface area contributed by atoms with Crippen LogP contribution in [0.15, 0.2) is 42.5 Å². The molecule has 1 N–H and O–H groups in total. The maximum atomic E-state index is 13.7. The molecule has 1 amide bonds. The van der Waals surface area contributed by atoms with Crippen molar-refractivity contribution in [3.8, 4) is 0 Å². The number of halogens is 1. The zero-order valence-electron chi connectivity index (χ0n) is 11.9. The molecule has 1 aliphatic rings. The number of nitrogens with one attached hydrogen (secondary N) is 1. The highest BCUT2D eigenvalue weighted by molar-refractivity contribution is 6.06. The molecule has 2 aromatic rings. The Bertz CT molecular complexity index is 684. The van der Waals surface area contributed by atoms with Crippen molar-refractivity contribution >= 4 is 11.6 Å². The van der Waals surface area contributed by atoms with Gasteiger partial charge in [-0.3, -0.25) is 4.79 Å². The normalized spacial score (nSPS) is 14.5. The van der Waals surface area contributed by atoms with Crippen molar-refractivity contribution in [1.82, 2.24) is 5.32 Å². The standard InChI is InChI=1S/C17H17FN2O/c1-12-6-7-13(10-15(12)18)17(21)20-9-8-19-11-14-4-2-3-5-16(14)20/h2-7,10,19H,8-9,11H2,1H3. The van der Waals surface area contributed by atoms with E-state index in [9.17, 15) is 9.18 Å². The second-order valence-corrected chi connectivity index (χ2v) is 5.23. The molecule has 21 heavy (non-hydrogen) atoms. The smallest absolute Gasteiger partial charge is 0.258 e. The second-order valence-electron chi connectivity index (χ2n) is 5.23. The van der Waals surface area contributed by atoms with E-state index in [-0.39, 0.29) is 11.7 Å². The molecule has 0 radical (unpaired) electrons. The Morgan fingerprint density at radius 3 is 2.86 bits per heavy atom. The van der Waals surface area contributed by atoms with Crippen LogP contribution >= 0.6 is 0 Å². The molecular formula is C17H17FN2O. The van der Waals surface area contributed by atoms with Crippen molar-refractivity contribution in [2.75, 3.05) is 18.0 Å². The van der Waals surface area contributed by atoms with E-state index in [2.05, 4.69) is 5.32 Å². The Morgan fingerprint density at radius 2 is 2.05 bits per heavy atom. The lowest BCUT2D eigenvalue weighted by atomic mass is 10.1. The first-order valence-corrected chi connectivity index (χ1v) is 7.03. The van der Waals surface area contributed by atoms with Crippen LogP contribution in [0.4, 0.5) is 10.1 Å². The molecular weight excluding hydrogens is 267 g/mol. The zero-order valence-corrected chi connectivity index (χ0v) is 11.9. The Kier molecular flexibility index (Phi) is 3.71. The van der Waals surface area contributed by atoms with Crippen molar-refractivity contribution < 1.29 is 9.18 Å². The summed E-state index contributed by atoms with van der Waals surface area (Å²) in [6, 6.07) is 12.5. The van der Waals surface area contributed by atoms with Gasteiger partial charge in [-0.1, -0.05) is 24.3 Å². The number of para-hydroxylation sites is 1. The lowest BCUT2D eigenvalue weighted by molar-refractivity contribution is 0.0987. The first-order chi connectivity index (χ1) is 10.2. The predicted octanol–water partition coefficient (Wildman–Crippen LogP) is 2.88. The molecule has 0 unspecified atom stereocenters. The van der Waals surface area contributed by atoms with Gasteiger partial charge in [-0.25, -0.2) is 4.39 Å². The van der Waals surface area contributed by atoms with Crippen molar-refractivity contribution in [2.45, 2.75) is 13.5 Å². The van der Waals surface area contributed by atoms with E-state index < -0.39 is 0 Å². The maximum Gasteiger partial charge on any atom is 0.258 e. The highest BCUT2D eigenvalue weighted by atomic mass is 19.1. The van der Waals surface area contributed by atoms with E-state index >= 15 is 0 Å². The number of amides is 1. The summed E-state index contributed by atoms with van der Waals surface area (Å²) in [6.07, 6.45) is 0. The number of hydrogen-bond acceptors (Lipinski definition) is 2. The summed E-state index contributed by atoms with van der Waals surface area (Å²) in [6.45, 7) is 3.72.